The van der Waals surface area contributed by atoms with Crippen LogP contribution >= 0.6 is 0 Å². The number of hydrogen-bond acceptors (Lipinski definition) is 0. The molecule has 1 aliphatic carbocycles. The first-order valence-corrected chi connectivity index (χ1v) is 10.6. The fourth-order valence-corrected chi connectivity index (χ4v) is 6.99. The van der Waals surface area contributed by atoms with Gasteiger partial charge in [-0.1, -0.05) is 0 Å². The van der Waals surface area contributed by atoms with Crippen LogP contribution in [0.4, 0.5) is 0 Å². The smallest absolute Gasteiger partial charge is 1.00 e. The Morgan fingerprint density at radius 1 is 1.00 bits per heavy atom. The van der Waals surface area contributed by atoms with Crippen molar-refractivity contribution in [3.8, 4) is 0 Å². The van der Waals surface area contributed by atoms with Crippen LogP contribution in [0.15, 0.2) is 20.6 Å². The molecule has 0 radical (unpaired) electrons. The maximum Gasteiger partial charge on any atom is -1.00 e. The molecule has 81 valence electrons. The van der Waals surface area contributed by atoms with Gasteiger partial charge in [0.05, 0.1) is 0 Å². The van der Waals surface area contributed by atoms with Gasteiger partial charge in [0.25, 0.3) is 0 Å². The summed E-state index contributed by atoms with van der Waals surface area (Å²) in [6, 6.07) is 0. The second-order valence-electron chi connectivity index (χ2n) is 3.32. The molecule has 0 fully saturated rings. The molecular formula is C9H16Cl3SiTi. The normalized spacial score (nSPS) is 19.6. The summed E-state index contributed by atoms with van der Waals surface area (Å²) in [4.78, 5) is 0. The molecule has 0 saturated heterocycles. The topological polar surface area (TPSA) is 0 Å². The maximum absolute atomic E-state index is 2.37. The summed E-state index contributed by atoms with van der Waals surface area (Å²) in [5.74, 6) is 0.799. The average molecular weight is 307 g/mol. The number of allylic oxidation sites excluding steroid dienone is 4. The quantitative estimate of drug-likeness (QED) is 0.422. The molecule has 1 rings (SSSR count). The van der Waals surface area contributed by atoms with Crippen LogP contribution in [0.3, 0.4) is 0 Å². The molecule has 0 saturated carbocycles. The fraction of sp³-hybridized carbons (Fsp3) is 0.556. The first-order chi connectivity index (χ1) is 5.09. The van der Waals surface area contributed by atoms with Crippen molar-refractivity contribution in [1.82, 2.24) is 0 Å². The van der Waals surface area contributed by atoms with Crippen LogP contribution < -0.4 is 37.2 Å². The zero-order chi connectivity index (χ0) is 8.59. The van der Waals surface area contributed by atoms with Crippen molar-refractivity contribution in [3.63, 3.8) is 0 Å². The number of halogens is 3. The summed E-state index contributed by atoms with van der Waals surface area (Å²) in [6.45, 7) is 9.24. The molecule has 0 amide bonds. The Kier molecular flexibility index (Phi) is 12.4. The third-order valence-electron chi connectivity index (χ3n) is 2.91. The molecule has 0 aliphatic heterocycles. The van der Waals surface area contributed by atoms with Gasteiger partial charge in [0.15, 0.2) is 0 Å². The molecule has 5 heteroatoms. The monoisotopic (exact) mass is 305 g/mol. The van der Waals surface area contributed by atoms with Gasteiger partial charge in [-0.3, -0.25) is 0 Å². The van der Waals surface area contributed by atoms with Crippen molar-refractivity contribution in [2.45, 2.75) is 27.7 Å². The average Bonchev–Trinajstić information content (AvgIpc) is 2.17. The van der Waals surface area contributed by atoms with E-state index >= 15 is 0 Å². The second kappa shape index (κ2) is 8.44. The molecule has 1 aliphatic rings. The van der Waals surface area contributed by atoms with Crippen LogP contribution in [0.2, 0.25) is 0 Å². The van der Waals surface area contributed by atoms with E-state index in [-0.39, 0.29) is 37.2 Å². The van der Waals surface area contributed by atoms with E-state index < -0.39 is 0 Å². The van der Waals surface area contributed by atoms with E-state index in [1.165, 1.54) is 8.11 Å². The van der Waals surface area contributed by atoms with Gasteiger partial charge in [0.2, 0.25) is 0 Å². The van der Waals surface area contributed by atoms with Gasteiger partial charge in [-0.05, 0) is 0 Å². The van der Waals surface area contributed by atoms with Gasteiger partial charge in [-0.2, -0.15) is 0 Å². The molecule has 0 aromatic carbocycles. The summed E-state index contributed by atoms with van der Waals surface area (Å²) in [5, 5.41) is 0. The summed E-state index contributed by atoms with van der Waals surface area (Å²) in [5.41, 5.74) is 4.83. The predicted molar refractivity (Wildman–Crippen MR) is 50.2 cm³/mol. The Hall–Kier alpha value is 1.28. The number of rotatable bonds is 1. The van der Waals surface area contributed by atoms with E-state index in [0.717, 1.165) is 5.92 Å². The molecule has 0 N–H and O–H groups in total. The molecule has 0 heterocycles. The second-order valence-corrected chi connectivity index (χ2v) is 7.00. The van der Waals surface area contributed by atoms with E-state index in [2.05, 4.69) is 27.7 Å². The van der Waals surface area contributed by atoms with Crippen LogP contribution in [0.5, 0.6) is 0 Å². The Balaban J connectivity index is -0.000000403. The van der Waals surface area contributed by atoms with Gasteiger partial charge < -0.3 is 37.2 Å². The Morgan fingerprint density at radius 3 is 1.57 bits per heavy atom. The number of hydrogen-bond donors (Lipinski definition) is 0. The van der Waals surface area contributed by atoms with Gasteiger partial charge in [0.1, 0.15) is 0 Å². The zero-order valence-corrected chi connectivity index (χ0v) is 15.0. The van der Waals surface area contributed by atoms with E-state index in [4.69, 9.17) is 0 Å². The zero-order valence-electron chi connectivity index (χ0n) is 9.21. The van der Waals surface area contributed by atoms with Gasteiger partial charge in [-0.25, -0.2) is 0 Å². The van der Waals surface area contributed by atoms with Gasteiger partial charge in [0, 0.05) is 0 Å². The summed E-state index contributed by atoms with van der Waals surface area (Å²) >= 11 is 0.323. The minimum absolute atomic E-state index is 0. The molecule has 1 atom stereocenters. The Morgan fingerprint density at radius 2 is 1.43 bits per heavy atom. The minimum Gasteiger partial charge on any atom is -1.00 e. The molecule has 0 nitrogen and oxygen atoms in total. The maximum atomic E-state index is 2.37. The molecule has 0 bridgehead atoms. The van der Waals surface area contributed by atoms with E-state index in [0.29, 0.717) is 18.4 Å². The first-order valence-electron chi connectivity index (χ1n) is 4.15. The van der Waals surface area contributed by atoms with E-state index in [1.807, 2.05) is 3.88 Å². The Labute approximate surface area is 117 Å². The molecular weight excluding hydrogens is 290 g/mol. The third-order valence-corrected chi connectivity index (χ3v) is 7.23. The molecule has 1 unspecified atom stereocenters. The van der Waals surface area contributed by atoms with Crippen molar-refractivity contribution in [2.75, 3.05) is 0 Å². The van der Waals surface area contributed by atoms with Crippen molar-refractivity contribution in [3.05, 3.63) is 20.6 Å². The van der Waals surface area contributed by atoms with Crippen molar-refractivity contribution >= 4 is 8.11 Å². The van der Waals surface area contributed by atoms with E-state index in [9.17, 15) is 0 Å². The van der Waals surface area contributed by atoms with E-state index in [1.54, 1.807) is 16.7 Å². The summed E-state index contributed by atoms with van der Waals surface area (Å²) in [6.07, 6.45) is 0. The van der Waals surface area contributed by atoms with Crippen LogP contribution in [0.1, 0.15) is 27.7 Å². The standard InChI is InChI=1S/C9H13.3ClH.H3Si.Ti/c1-6-5-7(2)9(4)8(6)3;;;;;/h6H,1-4H3;3*1H;1H3;/q;;;;;+3/p-3. The van der Waals surface area contributed by atoms with Crippen LogP contribution in [-0.2, 0) is 18.4 Å². The largest absolute Gasteiger partial charge is 1.00 e. The van der Waals surface area contributed by atoms with Crippen LogP contribution in [0, 0.1) is 5.92 Å². The summed E-state index contributed by atoms with van der Waals surface area (Å²) in [7, 11) is 1.43. The molecule has 0 spiro atoms. The SMILES string of the molecule is CC1=C(C)C(C)[C]([Ti+3][SiH3])=C1C.[Cl-].[Cl-].[Cl-]. The fourth-order valence-electron chi connectivity index (χ4n) is 1.77. The third kappa shape index (κ3) is 3.70. The molecule has 0 aromatic heterocycles. The van der Waals surface area contributed by atoms with Crippen molar-refractivity contribution < 1.29 is 55.6 Å². The molecule has 14 heavy (non-hydrogen) atoms. The van der Waals surface area contributed by atoms with Crippen LogP contribution in [0.25, 0.3) is 0 Å². The van der Waals surface area contributed by atoms with Crippen molar-refractivity contribution in [2.24, 2.45) is 5.92 Å². The predicted octanol–water partition coefficient (Wildman–Crippen LogP) is -7.38. The van der Waals surface area contributed by atoms with Crippen LogP contribution in [-0.4, -0.2) is 8.11 Å². The van der Waals surface area contributed by atoms with Crippen molar-refractivity contribution in [1.29, 1.82) is 0 Å². The first kappa shape index (κ1) is 20.7. The summed E-state index contributed by atoms with van der Waals surface area (Å²) < 4.78 is 1.83. The molecule has 0 aromatic rings. The Bertz CT molecular complexity index is 248. The van der Waals surface area contributed by atoms with Gasteiger partial charge >= 0.3 is 80.7 Å². The van der Waals surface area contributed by atoms with Gasteiger partial charge in [-0.15, -0.1) is 0 Å². The minimum atomic E-state index is 0.